The van der Waals surface area contributed by atoms with Crippen LogP contribution in [0.1, 0.15) is 39.7 Å². The van der Waals surface area contributed by atoms with Gasteiger partial charge < -0.3 is 9.52 Å². The first-order valence-corrected chi connectivity index (χ1v) is 11.5. The molecule has 0 radical (unpaired) electrons. The fraction of sp³-hybridized carbons (Fsp3) is 0.174. The highest BCUT2D eigenvalue weighted by atomic mass is 32.1. The predicted octanol–water partition coefficient (Wildman–Crippen LogP) is 5.60. The van der Waals surface area contributed by atoms with E-state index in [0.29, 0.717) is 21.5 Å². The average Bonchev–Trinajstić information content (AvgIpc) is 3.54. The van der Waals surface area contributed by atoms with Crippen molar-refractivity contribution < 1.29 is 19.1 Å². The van der Waals surface area contributed by atoms with Crippen LogP contribution in [0.25, 0.3) is 10.2 Å². The molecule has 1 aliphatic heterocycles. The second-order valence-corrected chi connectivity index (χ2v) is 9.20. The lowest BCUT2D eigenvalue weighted by Gasteiger charge is -2.22. The second kappa shape index (κ2) is 7.47. The van der Waals surface area contributed by atoms with E-state index in [1.54, 1.807) is 36.6 Å². The number of hydrogen-bond acceptors (Lipinski definition) is 7. The number of aliphatic hydroxyl groups is 1. The minimum absolute atomic E-state index is 0.00954. The zero-order valence-electron chi connectivity index (χ0n) is 16.8. The summed E-state index contributed by atoms with van der Waals surface area (Å²) in [5, 5.41) is 13.0. The van der Waals surface area contributed by atoms with Gasteiger partial charge in [0.15, 0.2) is 10.9 Å². The molecule has 1 aromatic carbocycles. The van der Waals surface area contributed by atoms with Crippen LogP contribution in [0, 0.1) is 6.92 Å². The molecule has 0 unspecified atom stereocenters. The Bertz CT molecular complexity index is 1350. The number of furan rings is 1. The first-order chi connectivity index (χ1) is 15.0. The van der Waals surface area contributed by atoms with Crippen molar-refractivity contribution >= 4 is 49.7 Å². The number of aryl methyl sites for hydroxylation is 2. The molecule has 3 aromatic heterocycles. The molecule has 5 rings (SSSR count). The van der Waals surface area contributed by atoms with Gasteiger partial charge in [-0.3, -0.25) is 14.5 Å². The van der Waals surface area contributed by atoms with Crippen molar-refractivity contribution in [1.82, 2.24) is 4.98 Å². The molecule has 1 atom stereocenters. The van der Waals surface area contributed by atoms with Crippen molar-refractivity contribution in [2.24, 2.45) is 0 Å². The molecule has 1 N–H and O–H groups in total. The summed E-state index contributed by atoms with van der Waals surface area (Å²) >= 11 is 2.61. The number of carbonyl (C=O) groups excluding carboxylic acids is 2. The van der Waals surface area contributed by atoms with Crippen LogP contribution in [-0.4, -0.2) is 21.8 Å². The lowest BCUT2D eigenvalue weighted by molar-refractivity contribution is -0.117. The van der Waals surface area contributed by atoms with Crippen molar-refractivity contribution in [3.63, 3.8) is 0 Å². The third-order valence-electron chi connectivity index (χ3n) is 5.28. The Labute approximate surface area is 186 Å². The van der Waals surface area contributed by atoms with Gasteiger partial charge in [0, 0.05) is 0 Å². The van der Waals surface area contributed by atoms with E-state index in [9.17, 15) is 14.7 Å². The minimum atomic E-state index is -0.887. The topological polar surface area (TPSA) is 83.6 Å². The minimum Gasteiger partial charge on any atom is -0.503 e. The Morgan fingerprint density at radius 3 is 2.77 bits per heavy atom. The number of benzene rings is 1. The molecule has 4 heterocycles. The number of nitrogens with zero attached hydrogens (tertiary/aromatic N) is 2. The van der Waals surface area contributed by atoms with Crippen LogP contribution in [0.4, 0.5) is 5.13 Å². The number of anilines is 1. The first kappa shape index (κ1) is 19.7. The summed E-state index contributed by atoms with van der Waals surface area (Å²) in [4.78, 5) is 32.9. The molecule has 6 nitrogen and oxygen atoms in total. The third kappa shape index (κ3) is 3.19. The van der Waals surface area contributed by atoms with Gasteiger partial charge in [-0.25, -0.2) is 4.98 Å². The molecule has 31 heavy (non-hydrogen) atoms. The highest BCUT2D eigenvalue weighted by Gasteiger charge is 2.47. The number of aromatic nitrogens is 1. The number of carbonyl (C=O) groups is 2. The molecular weight excluding hydrogens is 432 g/mol. The smallest absolute Gasteiger partial charge is 0.296 e. The molecule has 0 fully saturated rings. The zero-order valence-corrected chi connectivity index (χ0v) is 18.4. The highest BCUT2D eigenvalue weighted by molar-refractivity contribution is 7.22. The number of ketones is 1. The summed E-state index contributed by atoms with van der Waals surface area (Å²) < 4.78 is 6.75. The maximum atomic E-state index is 13.2. The van der Waals surface area contributed by atoms with Gasteiger partial charge >= 0.3 is 0 Å². The Morgan fingerprint density at radius 1 is 1.26 bits per heavy atom. The third-order valence-corrected chi connectivity index (χ3v) is 7.17. The summed E-state index contributed by atoms with van der Waals surface area (Å²) in [5.74, 6) is -0.562. The fourth-order valence-corrected chi connectivity index (χ4v) is 5.46. The number of thiophene rings is 1. The molecule has 0 saturated heterocycles. The Morgan fingerprint density at radius 2 is 2.10 bits per heavy atom. The number of Topliss-reactive ketones (excluding diaryl/α,β-unsaturated/α-hetero) is 1. The van der Waals surface area contributed by atoms with E-state index in [1.807, 2.05) is 18.2 Å². The molecule has 1 aliphatic rings. The van der Waals surface area contributed by atoms with E-state index >= 15 is 0 Å². The van der Waals surface area contributed by atoms with E-state index in [4.69, 9.17) is 4.42 Å². The fourth-order valence-electron chi connectivity index (χ4n) is 3.72. The van der Waals surface area contributed by atoms with E-state index in [1.165, 1.54) is 33.1 Å². The van der Waals surface area contributed by atoms with Crippen LogP contribution in [-0.2, 0) is 11.2 Å². The Balaban J connectivity index is 1.66. The molecule has 4 aromatic rings. The monoisotopic (exact) mass is 450 g/mol. The van der Waals surface area contributed by atoms with Gasteiger partial charge in [-0.15, -0.1) is 11.3 Å². The maximum absolute atomic E-state index is 13.2. The molecule has 0 saturated carbocycles. The summed E-state index contributed by atoms with van der Waals surface area (Å²) in [5.41, 5.74) is 1.94. The summed E-state index contributed by atoms with van der Waals surface area (Å²) in [7, 11) is 0. The summed E-state index contributed by atoms with van der Waals surface area (Å²) in [6.07, 6.45) is 0.891. The maximum Gasteiger partial charge on any atom is 0.296 e. The van der Waals surface area contributed by atoms with Gasteiger partial charge in [0.1, 0.15) is 17.6 Å². The predicted molar refractivity (Wildman–Crippen MR) is 121 cm³/mol. The molecule has 8 heteroatoms. The van der Waals surface area contributed by atoms with E-state index in [0.717, 1.165) is 16.6 Å². The number of thiazole rings is 1. The van der Waals surface area contributed by atoms with Gasteiger partial charge in [0.05, 0.1) is 20.7 Å². The van der Waals surface area contributed by atoms with Crippen LogP contribution >= 0.6 is 22.7 Å². The number of rotatable bonds is 5. The molecule has 0 bridgehead atoms. The van der Waals surface area contributed by atoms with Crippen molar-refractivity contribution in [3.05, 3.63) is 81.1 Å². The quantitative estimate of drug-likeness (QED) is 0.400. The van der Waals surface area contributed by atoms with Gasteiger partial charge in [0.2, 0.25) is 5.78 Å². The molecular formula is C23H18N2O4S2. The summed E-state index contributed by atoms with van der Waals surface area (Å²) in [6, 6.07) is 12.0. The van der Waals surface area contributed by atoms with E-state index in [-0.39, 0.29) is 5.57 Å². The standard InChI is InChI=1S/C23H18N2O4S2/c1-3-13-7-8-14-17(11-13)31-23(24-14)25-19(15-9-6-12(2)29-15)18(21(27)22(25)28)20(26)16-5-4-10-30-16/h4-11,19,27H,3H2,1-2H3/t19-/m1/s1. The Kier molecular flexibility index (Phi) is 4.75. The van der Waals surface area contributed by atoms with Crippen molar-refractivity contribution in [2.75, 3.05) is 4.90 Å². The molecule has 156 valence electrons. The second-order valence-electron chi connectivity index (χ2n) is 7.25. The summed E-state index contributed by atoms with van der Waals surface area (Å²) in [6.45, 7) is 3.87. The van der Waals surface area contributed by atoms with Crippen LogP contribution < -0.4 is 4.90 Å². The largest absolute Gasteiger partial charge is 0.503 e. The van der Waals surface area contributed by atoms with Crippen LogP contribution in [0.15, 0.2) is 63.6 Å². The van der Waals surface area contributed by atoms with Crippen molar-refractivity contribution in [2.45, 2.75) is 26.3 Å². The van der Waals surface area contributed by atoms with Crippen molar-refractivity contribution in [3.8, 4) is 0 Å². The van der Waals surface area contributed by atoms with E-state index < -0.39 is 23.5 Å². The first-order valence-electron chi connectivity index (χ1n) is 9.78. The van der Waals surface area contributed by atoms with Crippen LogP contribution in [0.3, 0.4) is 0 Å². The SMILES string of the molecule is CCc1ccc2nc(N3C(=O)C(O)=C(C(=O)c4cccs4)[C@H]3c3ccc(C)o3)sc2c1. The number of hydrogen-bond donors (Lipinski definition) is 1. The Hall–Kier alpha value is -3.23. The van der Waals surface area contributed by atoms with E-state index in [2.05, 4.69) is 11.9 Å². The number of aliphatic hydroxyl groups excluding tert-OH is 1. The number of amides is 1. The van der Waals surface area contributed by atoms with Crippen LogP contribution in [0.5, 0.6) is 0 Å². The highest BCUT2D eigenvalue weighted by Crippen LogP contribution is 2.44. The van der Waals surface area contributed by atoms with Gasteiger partial charge in [-0.2, -0.15) is 0 Å². The normalized spacial score (nSPS) is 16.6. The van der Waals surface area contributed by atoms with Gasteiger partial charge in [0.25, 0.3) is 5.91 Å². The lowest BCUT2D eigenvalue weighted by Crippen LogP contribution is -2.30. The zero-order chi connectivity index (χ0) is 21.7. The average molecular weight is 451 g/mol. The van der Waals surface area contributed by atoms with Gasteiger partial charge in [-0.1, -0.05) is 30.4 Å². The lowest BCUT2D eigenvalue weighted by atomic mass is 10.0. The molecule has 0 aliphatic carbocycles. The number of fused-ring (bicyclic) bond motifs is 1. The molecule has 1 amide bonds. The molecule has 0 spiro atoms. The van der Waals surface area contributed by atoms with Crippen molar-refractivity contribution in [1.29, 1.82) is 0 Å². The van der Waals surface area contributed by atoms with Crippen LogP contribution in [0.2, 0.25) is 0 Å². The van der Waals surface area contributed by atoms with Gasteiger partial charge in [-0.05, 0) is 54.6 Å².